The summed E-state index contributed by atoms with van der Waals surface area (Å²) >= 11 is 3.26. The Morgan fingerprint density at radius 3 is 2.70 bits per heavy atom. The molecule has 1 atom stereocenters. The fraction of sp³-hybridized carbons (Fsp3) is 0.208. The highest BCUT2D eigenvalue weighted by Gasteiger charge is 2.33. The highest BCUT2D eigenvalue weighted by Crippen LogP contribution is 2.33. The Bertz CT molecular complexity index is 1440. The van der Waals surface area contributed by atoms with Crippen LogP contribution in [0.4, 0.5) is 0 Å². The van der Waals surface area contributed by atoms with Crippen molar-refractivity contribution in [3.05, 3.63) is 88.1 Å². The number of carbonyl (C=O) groups is 1. The van der Waals surface area contributed by atoms with E-state index in [1.807, 2.05) is 52.9 Å². The lowest BCUT2D eigenvalue weighted by Gasteiger charge is -2.24. The van der Waals surface area contributed by atoms with Gasteiger partial charge in [0.15, 0.2) is 16.3 Å². The third kappa shape index (κ3) is 4.34. The Balaban J connectivity index is 1.95. The molecule has 1 aliphatic rings. The molecule has 2 heterocycles. The molecule has 0 unspecified atom stereocenters. The van der Waals surface area contributed by atoms with E-state index in [0.29, 0.717) is 35.5 Å². The number of allylic oxidation sites excluding steroid dienone is 1. The summed E-state index contributed by atoms with van der Waals surface area (Å²) in [7, 11) is 1.47. The zero-order valence-electron chi connectivity index (χ0n) is 18.2. The first kappa shape index (κ1) is 23.2. The van der Waals surface area contributed by atoms with Crippen molar-refractivity contribution in [1.29, 1.82) is 0 Å². The highest BCUT2D eigenvalue weighted by atomic mass is 127. The Kier molecular flexibility index (Phi) is 6.71. The van der Waals surface area contributed by atoms with E-state index in [0.717, 1.165) is 5.56 Å². The number of benzene rings is 2. The number of fused-ring (bicyclic) bond motifs is 1. The van der Waals surface area contributed by atoms with Crippen LogP contribution in [0.25, 0.3) is 6.08 Å². The van der Waals surface area contributed by atoms with Crippen LogP contribution in [0, 0.1) is 3.57 Å². The molecule has 0 fully saturated rings. The van der Waals surface area contributed by atoms with Crippen LogP contribution in [0.1, 0.15) is 31.0 Å². The predicted molar refractivity (Wildman–Crippen MR) is 134 cm³/mol. The second-order valence-corrected chi connectivity index (χ2v) is 9.44. The van der Waals surface area contributed by atoms with Gasteiger partial charge in [0.1, 0.15) is 0 Å². The number of nitrogens with zero attached hydrogens (tertiary/aromatic N) is 2. The third-order valence-corrected chi connectivity index (χ3v) is 7.01. The Labute approximate surface area is 207 Å². The first-order valence-electron chi connectivity index (χ1n) is 10.2. The lowest BCUT2D eigenvalue weighted by molar-refractivity contribution is -0.139. The first-order chi connectivity index (χ1) is 15.8. The second-order valence-electron chi connectivity index (χ2n) is 7.27. The van der Waals surface area contributed by atoms with Gasteiger partial charge in [-0.05, 0) is 65.8 Å². The summed E-state index contributed by atoms with van der Waals surface area (Å²) in [5.41, 5.74) is 2.11. The maximum Gasteiger partial charge on any atom is 0.338 e. The van der Waals surface area contributed by atoms with Crippen molar-refractivity contribution < 1.29 is 19.4 Å². The predicted octanol–water partition coefficient (Wildman–Crippen LogP) is 3.12. The fourth-order valence-corrected chi connectivity index (χ4v) is 5.40. The van der Waals surface area contributed by atoms with Crippen molar-refractivity contribution in [1.82, 2.24) is 4.57 Å². The van der Waals surface area contributed by atoms with Crippen LogP contribution in [-0.4, -0.2) is 29.4 Å². The Morgan fingerprint density at radius 1 is 1.30 bits per heavy atom. The highest BCUT2D eigenvalue weighted by molar-refractivity contribution is 14.1. The van der Waals surface area contributed by atoms with Gasteiger partial charge in [0, 0.05) is 0 Å². The fourth-order valence-electron chi connectivity index (χ4n) is 3.73. The van der Waals surface area contributed by atoms with Gasteiger partial charge in [-0.25, -0.2) is 9.79 Å². The lowest BCUT2D eigenvalue weighted by Crippen LogP contribution is -2.39. The van der Waals surface area contributed by atoms with Gasteiger partial charge in [0.2, 0.25) is 0 Å². The summed E-state index contributed by atoms with van der Waals surface area (Å²) in [5, 5.41) is 10.1. The number of aromatic hydroxyl groups is 1. The molecule has 7 nitrogen and oxygen atoms in total. The van der Waals surface area contributed by atoms with E-state index >= 15 is 0 Å². The molecule has 9 heteroatoms. The summed E-state index contributed by atoms with van der Waals surface area (Å²) in [6, 6.07) is 12.2. The monoisotopic (exact) mass is 576 g/mol. The van der Waals surface area contributed by atoms with E-state index in [1.165, 1.54) is 18.4 Å². The third-order valence-electron chi connectivity index (χ3n) is 5.20. The molecule has 0 saturated heterocycles. The van der Waals surface area contributed by atoms with E-state index < -0.39 is 12.0 Å². The van der Waals surface area contributed by atoms with Crippen molar-refractivity contribution in [3.8, 4) is 11.5 Å². The largest absolute Gasteiger partial charge is 0.504 e. The van der Waals surface area contributed by atoms with E-state index in [-0.39, 0.29) is 17.9 Å². The number of esters is 1. The Morgan fingerprint density at radius 2 is 2.03 bits per heavy atom. The zero-order chi connectivity index (χ0) is 23.7. The quantitative estimate of drug-likeness (QED) is 0.373. The number of halogens is 1. The van der Waals surface area contributed by atoms with Crippen molar-refractivity contribution in [3.63, 3.8) is 0 Å². The van der Waals surface area contributed by atoms with Crippen LogP contribution in [0.5, 0.6) is 11.5 Å². The number of thiazole rings is 1. The normalized spacial score (nSPS) is 15.8. The van der Waals surface area contributed by atoms with Gasteiger partial charge in [-0.15, -0.1) is 0 Å². The molecule has 1 N–H and O–H groups in total. The van der Waals surface area contributed by atoms with Gasteiger partial charge >= 0.3 is 5.97 Å². The minimum atomic E-state index is -0.641. The SMILES string of the molecule is CCOC(=O)C1=C(C)N=c2s/c(=C\c3cc(I)c(O)c(OC)c3)c(=O)n2[C@H]1c1ccccc1. The van der Waals surface area contributed by atoms with Crippen molar-refractivity contribution >= 4 is 46.0 Å². The molecule has 2 aromatic carbocycles. The molecule has 0 spiro atoms. The zero-order valence-corrected chi connectivity index (χ0v) is 21.1. The van der Waals surface area contributed by atoms with Crippen LogP contribution in [0.15, 0.2) is 63.5 Å². The average Bonchev–Trinajstić information content (AvgIpc) is 3.10. The average molecular weight is 576 g/mol. The maximum absolute atomic E-state index is 13.6. The van der Waals surface area contributed by atoms with E-state index in [2.05, 4.69) is 4.99 Å². The number of phenols is 1. The van der Waals surface area contributed by atoms with Crippen LogP contribution in [0.2, 0.25) is 0 Å². The van der Waals surface area contributed by atoms with Gasteiger partial charge in [0.25, 0.3) is 5.56 Å². The number of hydrogen-bond acceptors (Lipinski definition) is 7. The minimum absolute atomic E-state index is 0.0514. The molecule has 0 bridgehead atoms. The summed E-state index contributed by atoms with van der Waals surface area (Å²) in [5.74, 6) is -0.112. The second kappa shape index (κ2) is 9.52. The van der Waals surface area contributed by atoms with E-state index in [1.54, 1.807) is 36.6 Å². The molecule has 0 amide bonds. The smallest absolute Gasteiger partial charge is 0.338 e. The van der Waals surface area contributed by atoms with Crippen molar-refractivity contribution in [2.75, 3.05) is 13.7 Å². The number of phenolic OH excluding ortho intramolecular Hbond substituents is 1. The van der Waals surface area contributed by atoms with E-state index in [9.17, 15) is 14.7 Å². The van der Waals surface area contributed by atoms with Gasteiger partial charge < -0.3 is 14.6 Å². The van der Waals surface area contributed by atoms with Crippen LogP contribution in [0.3, 0.4) is 0 Å². The number of carbonyl (C=O) groups excluding carboxylic acids is 1. The van der Waals surface area contributed by atoms with Crippen LogP contribution in [-0.2, 0) is 9.53 Å². The number of hydrogen-bond donors (Lipinski definition) is 1. The molecule has 33 heavy (non-hydrogen) atoms. The topological polar surface area (TPSA) is 90.1 Å². The minimum Gasteiger partial charge on any atom is -0.504 e. The molecule has 1 aromatic heterocycles. The molecule has 4 rings (SSSR count). The van der Waals surface area contributed by atoms with Gasteiger partial charge in [-0.3, -0.25) is 9.36 Å². The summed E-state index contributed by atoms with van der Waals surface area (Å²) in [6.45, 7) is 3.73. The molecule has 0 saturated carbocycles. The number of aromatic nitrogens is 1. The molecule has 0 aliphatic carbocycles. The maximum atomic E-state index is 13.6. The molecular formula is C24H21IN2O5S. The first-order valence-corrected chi connectivity index (χ1v) is 12.1. The summed E-state index contributed by atoms with van der Waals surface area (Å²) < 4.78 is 13.1. The van der Waals surface area contributed by atoms with Gasteiger partial charge in [0.05, 0.1) is 39.1 Å². The molecule has 3 aromatic rings. The van der Waals surface area contributed by atoms with Crippen LogP contribution < -0.4 is 19.6 Å². The molecule has 170 valence electrons. The standard InChI is InChI=1S/C24H21IN2O5S/c1-4-32-23(30)19-13(2)26-24-27(20(19)15-8-6-5-7-9-15)22(29)18(33-24)12-14-10-16(25)21(28)17(11-14)31-3/h5-12,20,28H,4H2,1-3H3/b18-12-/t20-/m0/s1. The molecular weight excluding hydrogens is 555 g/mol. The van der Waals surface area contributed by atoms with Gasteiger partial charge in [-0.2, -0.15) is 0 Å². The number of ether oxygens (including phenoxy) is 2. The Hall–Kier alpha value is -2.92. The van der Waals surface area contributed by atoms with Gasteiger partial charge in [-0.1, -0.05) is 41.7 Å². The lowest BCUT2D eigenvalue weighted by atomic mass is 9.96. The van der Waals surface area contributed by atoms with E-state index in [4.69, 9.17) is 9.47 Å². The van der Waals surface area contributed by atoms with Crippen molar-refractivity contribution in [2.45, 2.75) is 19.9 Å². The summed E-state index contributed by atoms with van der Waals surface area (Å²) in [6.07, 6.45) is 1.74. The molecule has 0 radical (unpaired) electrons. The summed E-state index contributed by atoms with van der Waals surface area (Å²) in [4.78, 5) is 31.5. The van der Waals surface area contributed by atoms with Crippen LogP contribution >= 0.6 is 33.9 Å². The van der Waals surface area contributed by atoms with Crippen molar-refractivity contribution in [2.24, 2.45) is 4.99 Å². The number of rotatable bonds is 5. The molecule has 1 aliphatic heterocycles. The number of methoxy groups -OCH3 is 1.